The predicted molar refractivity (Wildman–Crippen MR) is 344 cm³/mol. The number of hydrogen-bond donors (Lipinski definition) is 4. The van der Waals surface area contributed by atoms with E-state index >= 15 is 0 Å². The third-order valence-corrected chi connectivity index (χ3v) is 15.2. The number of carbonyl (C=O) groups is 3. The number of aliphatic hydroxyl groups excluding tert-OH is 2. The van der Waals surface area contributed by atoms with E-state index in [-0.39, 0.29) is 19.3 Å². The van der Waals surface area contributed by atoms with E-state index in [0.717, 1.165) is 154 Å². The second-order valence-corrected chi connectivity index (χ2v) is 24.4. The molecule has 0 aliphatic carbocycles. The van der Waals surface area contributed by atoms with Crippen molar-refractivity contribution < 1.29 is 75.8 Å². The Morgan fingerprint density at radius 3 is 1.04 bits per heavy atom. The molecule has 5 atom stereocenters. The van der Waals surface area contributed by atoms with E-state index in [1.165, 1.54) is 38.5 Å². The lowest BCUT2D eigenvalue weighted by molar-refractivity contribution is -0.161. The summed E-state index contributed by atoms with van der Waals surface area (Å²) in [5.74, 6) is -1.62. The van der Waals surface area contributed by atoms with Gasteiger partial charge in [0.25, 0.3) is 0 Å². The summed E-state index contributed by atoms with van der Waals surface area (Å²) in [6, 6.07) is 0. The van der Waals surface area contributed by atoms with E-state index in [0.29, 0.717) is 19.3 Å². The molecule has 18 heteroatoms. The van der Waals surface area contributed by atoms with Crippen molar-refractivity contribution in [1.82, 2.24) is 0 Å². The number of unbranched alkanes of at least 4 members (excludes halogenated alkanes) is 22. The molecule has 0 spiro atoms. The van der Waals surface area contributed by atoms with E-state index in [1.54, 1.807) is 0 Å². The summed E-state index contributed by atoms with van der Waals surface area (Å²) in [7, 11) is -9.78. The monoisotopic (exact) mass is 1240 g/mol. The van der Waals surface area contributed by atoms with E-state index in [1.807, 2.05) is 0 Å². The second-order valence-electron chi connectivity index (χ2n) is 21.5. The summed E-state index contributed by atoms with van der Waals surface area (Å²) in [4.78, 5) is 58.2. The maximum absolute atomic E-state index is 12.8. The van der Waals surface area contributed by atoms with Gasteiger partial charge in [0.2, 0.25) is 0 Å². The molecule has 0 saturated heterocycles. The molecule has 0 radical (unpaired) electrons. The summed E-state index contributed by atoms with van der Waals surface area (Å²) in [5.41, 5.74) is 0. The van der Waals surface area contributed by atoms with Crippen molar-refractivity contribution in [3.05, 3.63) is 97.2 Å². The third kappa shape index (κ3) is 61.9. The SMILES string of the molecule is CC/C=C\C/C=C\C/C=C\CCCCCCCCCC(=O)OCC(COP(=O)(O)OCC(O)COP(=O)(O)OCC(O)COC(=O)CCCCCCC/C=C\C/C=C\C/C=C\C/C=C\CCCCC)OC(=O)CCCCCCC/C=C\CCCC. The number of allylic oxidation sites excluding steroid dienone is 16. The fourth-order valence-corrected chi connectivity index (χ4v) is 9.84. The Morgan fingerprint density at radius 1 is 0.341 bits per heavy atom. The minimum absolute atomic E-state index is 0.0903. The molecular formula is C67H116O16P2. The minimum Gasteiger partial charge on any atom is -0.463 e. The van der Waals surface area contributed by atoms with Crippen molar-refractivity contribution >= 4 is 33.6 Å². The zero-order valence-electron chi connectivity index (χ0n) is 52.8. The molecule has 0 aliphatic rings. The highest BCUT2D eigenvalue weighted by atomic mass is 31.2. The number of hydrogen-bond acceptors (Lipinski definition) is 14. The average molecular weight is 1240 g/mol. The number of ether oxygens (including phenoxy) is 3. The fourth-order valence-electron chi connectivity index (χ4n) is 8.25. The molecule has 0 aromatic heterocycles. The number of phosphoric acid groups is 2. The van der Waals surface area contributed by atoms with Crippen molar-refractivity contribution in [2.75, 3.05) is 39.6 Å². The van der Waals surface area contributed by atoms with E-state index in [2.05, 4.69) is 118 Å². The Hall–Kier alpha value is -3.53. The molecule has 0 bridgehead atoms. The molecule has 490 valence electrons. The largest absolute Gasteiger partial charge is 0.472 e. The van der Waals surface area contributed by atoms with Crippen LogP contribution < -0.4 is 0 Å². The van der Waals surface area contributed by atoms with Crippen LogP contribution in [0.25, 0.3) is 0 Å². The van der Waals surface area contributed by atoms with Crippen molar-refractivity contribution in [1.29, 1.82) is 0 Å². The number of rotatable bonds is 61. The highest BCUT2D eigenvalue weighted by molar-refractivity contribution is 7.47. The van der Waals surface area contributed by atoms with Gasteiger partial charge in [-0.05, 0) is 116 Å². The van der Waals surface area contributed by atoms with Gasteiger partial charge >= 0.3 is 33.6 Å². The Kier molecular flexibility index (Phi) is 58.2. The van der Waals surface area contributed by atoms with E-state index in [9.17, 15) is 43.5 Å². The zero-order chi connectivity index (χ0) is 62.4. The lowest BCUT2D eigenvalue weighted by Gasteiger charge is -2.21. The summed E-state index contributed by atoms with van der Waals surface area (Å²) in [5, 5.41) is 20.5. The highest BCUT2D eigenvalue weighted by Crippen LogP contribution is 2.45. The van der Waals surface area contributed by atoms with E-state index < -0.39 is 91.5 Å². The van der Waals surface area contributed by atoms with Crippen LogP contribution in [0.3, 0.4) is 0 Å². The molecule has 0 amide bonds. The van der Waals surface area contributed by atoms with Gasteiger partial charge in [0.15, 0.2) is 6.10 Å². The van der Waals surface area contributed by atoms with Gasteiger partial charge in [-0.15, -0.1) is 0 Å². The molecule has 0 rings (SSSR count). The summed E-state index contributed by atoms with van der Waals surface area (Å²) in [6.45, 7) is 2.43. The molecule has 0 saturated carbocycles. The Bertz CT molecular complexity index is 1940. The van der Waals surface area contributed by atoms with Crippen molar-refractivity contribution in [2.45, 2.75) is 270 Å². The number of aliphatic hydroxyl groups is 2. The molecule has 5 unspecified atom stereocenters. The third-order valence-electron chi connectivity index (χ3n) is 13.3. The maximum atomic E-state index is 12.8. The first-order valence-corrected chi connectivity index (χ1v) is 35.5. The predicted octanol–water partition coefficient (Wildman–Crippen LogP) is 17.5. The minimum atomic E-state index is -4.92. The van der Waals surface area contributed by atoms with Gasteiger partial charge in [-0.1, -0.05) is 214 Å². The topological polar surface area (TPSA) is 231 Å². The van der Waals surface area contributed by atoms with Crippen LogP contribution in [0.2, 0.25) is 0 Å². The zero-order valence-corrected chi connectivity index (χ0v) is 54.5. The van der Waals surface area contributed by atoms with Crippen LogP contribution in [0, 0.1) is 0 Å². The van der Waals surface area contributed by atoms with Gasteiger partial charge in [-0.2, -0.15) is 0 Å². The first kappa shape index (κ1) is 81.5. The van der Waals surface area contributed by atoms with Crippen molar-refractivity contribution in [3.63, 3.8) is 0 Å². The van der Waals surface area contributed by atoms with Crippen molar-refractivity contribution in [3.8, 4) is 0 Å². The van der Waals surface area contributed by atoms with Gasteiger partial charge in [0.1, 0.15) is 25.4 Å². The molecule has 0 aliphatic heterocycles. The number of carbonyl (C=O) groups excluding carboxylic acids is 3. The number of esters is 3. The Balaban J connectivity index is 4.61. The summed E-state index contributed by atoms with van der Waals surface area (Å²) in [6.07, 6.45) is 64.7. The molecule has 0 aromatic carbocycles. The van der Waals surface area contributed by atoms with E-state index in [4.69, 9.17) is 32.3 Å². The highest BCUT2D eigenvalue weighted by Gasteiger charge is 2.29. The lowest BCUT2D eigenvalue weighted by Crippen LogP contribution is -2.30. The molecule has 85 heavy (non-hydrogen) atoms. The molecular weight excluding hydrogens is 1120 g/mol. The Labute approximate surface area is 514 Å². The molecule has 0 aromatic rings. The molecule has 0 heterocycles. The second kappa shape index (κ2) is 60.7. The summed E-state index contributed by atoms with van der Waals surface area (Å²) < 4.78 is 60.7. The van der Waals surface area contributed by atoms with Crippen LogP contribution in [0.1, 0.15) is 252 Å². The summed E-state index contributed by atoms with van der Waals surface area (Å²) >= 11 is 0. The van der Waals surface area contributed by atoms with Gasteiger partial charge in [-0.3, -0.25) is 32.5 Å². The smallest absolute Gasteiger partial charge is 0.463 e. The standard InChI is InChI=1S/C67H116O16P2/c1-4-7-10-13-16-19-22-24-26-28-29-30-31-33-35-36-39-41-44-47-50-53-65(70)77-56-62(68)57-79-84(73,74)80-58-63(69)59-81-85(75,76)82-61-64(83-67(72)55-52-49-46-43-38-21-18-15-12-9-6-3)60-78-66(71)54-51-48-45-42-40-37-34-32-27-25-23-20-17-14-11-8-5-2/h8,11,15-20,24-27,29-30,33,35,62-64,68-69H,4-7,9-10,12-14,21-23,28,31-32,34,36-61H2,1-3H3,(H,73,74)(H,75,76)/b11-8-,18-15-,19-16-,20-17-,26-24-,27-25-,30-29-,35-33-. The van der Waals surface area contributed by atoms with Gasteiger partial charge in [-0.25, -0.2) is 9.13 Å². The van der Waals surface area contributed by atoms with Crippen LogP contribution >= 0.6 is 15.6 Å². The van der Waals surface area contributed by atoms with Gasteiger partial charge in [0, 0.05) is 19.3 Å². The molecule has 16 nitrogen and oxygen atoms in total. The van der Waals surface area contributed by atoms with Crippen LogP contribution in [-0.4, -0.2) is 95.9 Å². The fraction of sp³-hybridized carbons (Fsp3) is 0.716. The van der Waals surface area contributed by atoms with Crippen molar-refractivity contribution in [2.24, 2.45) is 0 Å². The van der Waals surface area contributed by atoms with Crippen LogP contribution in [0.4, 0.5) is 0 Å². The normalized spacial score (nSPS) is 15.0. The molecule has 4 N–H and O–H groups in total. The maximum Gasteiger partial charge on any atom is 0.472 e. The van der Waals surface area contributed by atoms with Crippen LogP contribution in [0.15, 0.2) is 97.2 Å². The molecule has 0 fully saturated rings. The lowest BCUT2D eigenvalue weighted by atomic mass is 10.1. The Morgan fingerprint density at radius 2 is 0.635 bits per heavy atom. The average Bonchev–Trinajstić information content (AvgIpc) is 3.60. The number of phosphoric ester groups is 2. The van der Waals surface area contributed by atoms with Gasteiger partial charge < -0.3 is 34.2 Å². The first-order chi connectivity index (χ1) is 41.2. The quantitative estimate of drug-likeness (QED) is 0.0146. The first-order valence-electron chi connectivity index (χ1n) is 32.5. The van der Waals surface area contributed by atoms with Crippen LogP contribution in [0.5, 0.6) is 0 Å². The van der Waals surface area contributed by atoms with Gasteiger partial charge in [0.05, 0.1) is 26.4 Å². The van der Waals surface area contributed by atoms with Crippen LogP contribution in [-0.2, 0) is 55.8 Å².